The second-order valence-corrected chi connectivity index (χ2v) is 2.53. The third-order valence-electron chi connectivity index (χ3n) is 1.68. The van der Waals surface area contributed by atoms with Crippen molar-refractivity contribution < 1.29 is 0 Å². The van der Waals surface area contributed by atoms with E-state index in [0.29, 0.717) is 0 Å². The number of aryl methyl sites for hydroxylation is 1. The summed E-state index contributed by atoms with van der Waals surface area (Å²) in [6.45, 7) is 5.91. The van der Waals surface area contributed by atoms with Crippen LogP contribution in [0.25, 0.3) is 6.08 Å². The van der Waals surface area contributed by atoms with Crippen LogP contribution in [0.5, 0.6) is 0 Å². The summed E-state index contributed by atoms with van der Waals surface area (Å²) in [7, 11) is 0. The first-order chi connectivity index (χ1) is 5.38. The number of nitrogens with zero attached hydrogens (tertiary/aromatic N) is 1. The maximum absolute atomic E-state index is 4.06. The van der Waals surface area contributed by atoms with Crippen LogP contribution in [0.1, 0.15) is 24.5 Å². The first-order valence-corrected chi connectivity index (χ1v) is 3.93. The highest BCUT2D eigenvalue weighted by molar-refractivity contribution is 5.50. The molecule has 0 aliphatic rings. The average molecular weight is 147 g/mol. The molecule has 58 valence electrons. The quantitative estimate of drug-likeness (QED) is 0.640. The summed E-state index contributed by atoms with van der Waals surface area (Å²) in [5, 5.41) is 0. The molecule has 1 heteroatoms. The molecular formula is C10H13N. The number of hydrogen-bond donors (Lipinski definition) is 0. The van der Waals surface area contributed by atoms with Gasteiger partial charge in [0, 0.05) is 12.4 Å². The smallest absolute Gasteiger partial charge is 0.0305 e. The fourth-order valence-electron chi connectivity index (χ4n) is 1.12. The molecule has 0 saturated heterocycles. The van der Waals surface area contributed by atoms with Gasteiger partial charge in [-0.2, -0.15) is 0 Å². The average Bonchev–Trinajstić information content (AvgIpc) is 2.06. The van der Waals surface area contributed by atoms with Crippen molar-refractivity contribution >= 4 is 6.08 Å². The zero-order valence-corrected chi connectivity index (χ0v) is 6.88. The van der Waals surface area contributed by atoms with E-state index >= 15 is 0 Å². The molecule has 1 aromatic heterocycles. The molecule has 11 heavy (non-hydrogen) atoms. The molecule has 0 atom stereocenters. The normalized spacial score (nSPS) is 9.55. The van der Waals surface area contributed by atoms with Crippen molar-refractivity contribution in [3.8, 4) is 0 Å². The fourth-order valence-corrected chi connectivity index (χ4v) is 1.12. The molecule has 1 nitrogen and oxygen atoms in total. The van der Waals surface area contributed by atoms with Crippen molar-refractivity contribution in [2.45, 2.75) is 19.8 Å². The minimum Gasteiger partial charge on any atom is -0.264 e. The Labute approximate surface area is 67.8 Å². The summed E-state index contributed by atoms with van der Waals surface area (Å²) < 4.78 is 0. The molecule has 0 spiro atoms. The molecule has 0 fully saturated rings. The van der Waals surface area contributed by atoms with Crippen LogP contribution in [0.15, 0.2) is 25.0 Å². The molecule has 0 aromatic carbocycles. The van der Waals surface area contributed by atoms with Crippen molar-refractivity contribution in [3.63, 3.8) is 0 Å². The Hall–Kier alpha value is -1.11. The molecule has 1 aromatic rings. The topological polar surface area (TPSA) is 12.9 Å². The Balaban J connectivity index is 2.92. The second kappa shape index (κ2) is 3.91. The van der Waals surface area contributed by atoms with Gasteiger partial charge in [-0.25, -0.2) is 0 Å². The van der Waals surface area contributed by atoms with Gasteiger partial charge in [-0.05, 0) is 23.6 Å². The summed E-state index contributed by atoms with van der Waals surface area (Å²) in [5.74, 6) is 0. The van der Waals surface area contributed by atoms with E-state index in [1.807, 2.05) is 18.3 Å². The van der Waals surface area contributed by atoms with E-state index in [9.17, 15) is 0 Å². The van der Waals surface area contributed by atoms with E-state index in [1.165, 1.54) is 11.1 Å². The third kappa shape index (κ3) is 1.90. The molecule has 0 radical (unpaired) electrons. The minimum atomic E-state index is 1.09. The van der Waals surface area contributed by atoms with Crippen molar-refractivity contribution in [2.24, 2.45) is 0 Å². The zero-order valence-electron chi connectivity index (χ0n) is 6.88. The lowest BCUT2D eigenvalue weighted by atomic mass is 10.1. The lowest BCUT2D eigenvalue weighted by Crippen LogP contribution is -1.88. The van der Waals surface area contributed by atoms with Crippen LogP contribution in [0.3, 0.4) is 0 Å². The molecule has 0 aliphatic carbocycles. The molecule has 0 unspecified atom stereocenters. The van der Waals surface area contributed by atoms with E-state index in [0.717, 1.165) is 12.8 Å². The van der Waals surface area contributed by atoms with Crippen LogP contribution in [0.2, 0.25) is 0 Å². The first-order valence-electron chi connectivity index (χ1n) is 3.93. The van der Waals surface area contributed by atoms with Gasteiger partial charge in [-0.15, -0.1) is 0 Å². The van der Waals surface area contributed by atoms with Gasteiger partial charge in [0.1, 0.15) is 0 Å². The molecule has 0 amide bonds. The summed E-state index contributed by atoms with van der Waals surface area (Å²) in [4.78, 5) is 4.06. The van der Waals surface area contributed by atoms with E-state index in [-0.39, 0.29) is 0 Å². The van der Waals surface area contributed by atoms with Gasteiger partial charge in [0.25, 0.3) is 0 Å². The Kier molecular flexibility index (Phi) is 2.84. The lowest BCUT2D eigenvalue weighted by Gasteiger charge is -2.01. The molecule has 1 heterocycles. The zero-order chi connectivity index (χ0) is 8.10. The SMILES string of the molecule is C=Cc1ccncc1CCC. The van der Waals surface area contributed by atoms with Gasteiger partial charge < -0.3 is 0 Å². The third-order valence-corrected chi connectivity index (χ3v) is 1.68. The second-order valence-electron chi connectivity index (χ2n) is 2.53. The predicted molar refractivity (Wildman–Crippen MR) is 48.3 cm³/mol. The van der Waals surface area contributed by atoms with E-state index < -0.39 is 0 Å². The highest BCUT2D eigenvalue weighted by Crippen LogP contribution is 2.09. The molecule has 0 saturated carbocycles. The van der Waals surface area contributed by atoms with Gasteiger partial charge in [-0.3, -0.25) is 4.98 Å². The number of pyridine rings is 1. The van der Waals surface area contributed by atoms with Crippen LogP contribution in [0.4, 0.5) is 0 Å². The van der Waals surface area contributed by atoms with Gasteiger partial charge >= 0.3 is 0 Å². The van der Waals surface area contributed by atoms with Crippen LogP contribution >= 0.6 is 0 Å². The van der Waals surface area contributed by atoms with Crippen molar-refractivity contribution in [1.82, 2.24) is 4.98 Å². The number of rotatable bonds is 3. The van der Waals surface area contributed by atoms with Gasteiger partial charge in [0.15, 0.2) is 0 Å². The van der Waals surface area contributed by atoms with Crippen molar-refractivity contribution in [1.29, 1.82) is 0 Å². The minimum absolute atomic E-state index is 1.09. The maximum Gasteiger partial charge on any atom is 0.0305 e. The molecule has 0 bridgehead atoms. The largest absolute Gasteiger partial charge is 0.264 e. The Morgan fingerprint density at radius 2 is 2.45 bits per heavy atom. The Bertz CT molecular complexity index is 240. The van der Waals surface area contributed by atoms with Crippen molar-refractivity contribution in [3.05, 3.63) is 36.2 Å². The highest BCUT2D eigenvalue weighted by Gasteiger charge is 1.95. The van der Waals surface area contributed by atoms with E-state index in [2.05, 4.69) is 18.5 Å². The van der Waals surface area contributed by atoms with E-state index in [4.69, 9.17) is 0 Å². The predicted octanol–water partition coefficient (Wildman–Crippen LogP) is 2.68. The van der Waals surface area contributed by atoms with Gasteiger partial charge in [0.05, 0.1) is 0 Å². The summed E-state index contributed by atoms with van der Waals surface area (Å²) in [6, 6.07) is 2.00. The monoisotopic (exact) mass is 147 g/mol. The van der Waals surface area contributed by atoms with Crippen molar-refractivity contribution in [2.75, 3.05) is 0 Å². The van der Waals surface area contributed by atoms with Gasteiger partial charge in [-0.1, -0.05) is 26.0 Å². The van der Waals surface area contributed by atoms with E-state index in [1.54, 1.807) is 6.20 Å². The summed E-state index contributed by atoms with van der Waals surface area (Å²) >= 11 is 0. The van der Waals surface area contributed by atoms with Crippen LogP contribution in [-0.4, -0.2) is 4.98 Å². The lowest BCUT2D eigenvalue weighted by molar-refractivity contribution is 0.911. The highest BCUT2D eigenvalue weighted by atomic mass is 14.6. The van der Waals surface area contributed by atoms with Crippen LogP contribution in [0, 0.1) is 0 Å². The number of hydrogen-bond acceptors (Lipinski definition) is 1. The standard InChI is InChI=1S/C10H13N/c1-3-5-10-8-11-7-6-9(10)4-2/h4,6-8H,2-3,5H2,1H3. The molecule has 0 aliphatic heterocycles. The van der Waals surface area contributed by atoms with Crippen LogP contribution in [-0.2, 0) is 6.42 Å². The summed E-state index contributed by atoms with van der Waals surface area (Å²) in [6.07, 6.45) is 7.85. The first kappa shape index (κ1) is 7.99. The maximum atomic E-state index is 4.06. The number of aromatic nitrogens is 1. The molecule has 0 N–H and O–H groups in total. The fraction of sp³-hybridized carbons (Fsp3) is 0.300. The molecule has 1 rings (SSSR count). The summed E-state index contributed by atoms with van der Waals surface area (Å²) in [5.41, 5.74) is 2.51. The van der Waals surface area contributed by atoms with Gasteiger partial charge in [0.2, 0.25) is 0 Å². The Morgan fingerprint density at radius 3 is 3.09 bits per heavy atom. The Morgan fingerprint density at radius 1 is 1.64 bits per heavy atom. The van der Waals surface area contributed by atoms with Crippen LogP contribution < -0.4 is 0 Å². The molecular weight excluding hydrogens is 134 g/mol.